The average molecular weight is 614 g/mol. The third-order valence-corrected chi connectivity index (χ3v) is 9.13. The van der Waals surface area contributed by atoms with Gasteiger partial charge in [-0.2, -0.15) is 0 Å². The van der Waals surface area contributed by atoms with E-state index in [0.717, 1.165) is 17.8 Å². The van der Waals surface area contributed by atoms with Crippen LogP contribution in [0.25, 0.3) is 44.3 Å². The number of anilines is 3. The zero-order valence-corrected chi connectivity index (χ0v) is 26.7. The van der Waals surface area contributed by atoms with Crippen LogP contribution in [-0.4, -0.2) is 0 Å². The van der Waals surface area contributed by atoms with Crippen LogP contribution in [0.4, 0.5) is 17.1 Å². The van der Waals surface area contributed by atoms with E-state index in [4.69, 9.17) is 0 Å². The maximum absolute atomic E-state index is 2.37. The Morgan fingerprint density at radius 2 is 0.938 bits per heavy atom. The van der Waals surface area contributed by atoms with Crippen molar-refractivity contribution in [1.29, 1.82) is 0 Å². The van der Waals surface area contributed by atoms with E-state index in [1.54, 1.807) is 0 Å². The smallest absolute Gasteiger partial charge is 0.0540 e. The SMILES string of the molecule is C(=C(\Cc1ccccc1)c1ccc(-c2ccc(N(c3ccccc3)c3cccc4ccccc34)cc2)cc1)/c1cccc2ccccc12. The van der Waals surface area contributed by atoms with Crippen molar-refractivity contribution in [3.8, 4) is 11.1 Å². The molecule has 228 valence electrons. The largest absolute Gasteiger partial charge is 0.310 e. The van der Waals surface area contributed by atoms with Gasteiger partial charge in [-0.25, -0.2) is 0 Å². The molecule has 0 spiro atoms. The highest BCUT2D eigenvalue weighted by Crippen LogP contribution is 2.39. The zero-order chi connectivity index (χ0) is 32.1. The molecule has 0 saturated heterocycles. The summed E-state index contributed by atoms with van der Waals surface area (Å²) < 4.78 is 0. The van der Waals surface area contributed by atoms with E-state index in [9.17, 15) is 0 Å². The van der Waals surface area contributed by atoms with Gasteiger partial charge in [0, 0.05) is 16.8 Å². The van der Waals surface area contributed by atoms with Gasteiger partial charge < -0.3 is 4.90 Å². The molecule has 0 radical (unpaired) electrons. The molecule has 0 aliphatic rings. The fourth-order valence-corrected chi connectivity index (χ4v) is 6.70. The lowest BCUT2D eigenvalue weighted by atomic mass is 9.93. The number of hydrogen-bond acceptors (Lipinski definition) is 1. The number of para-hydroxylation sites is 1. The molecule has 8 aromatic carbocycles. The summed E-state index contributed by atoms with van der Waals surface area (Å²) in [6.45, 7) is 0. The van der Waals surface area contributed by atoms with Crippen molar-refractivity contribution in [1.82, 2.24) is 0 Å². The molecule has 0 aliphatic heterocycles. The molecule has 0 fully saturated rings. The first kappa shape index (κ1) is 29.2. The Kier molecular flexibility index (Phi) is 8.09. The Bertz CT molecular complexity index is 2320. The summed E-state index contributed by atoms with van der Waals surface area (Å²) in [4.78, 5) is 2.35. The first-order chi connectivity index (χ1) is 23.8. The minimum Gasteiger partial charge on any atom is -0.310 e. The molecular weight excluding hydrogens is 579 g/mol. The van der Waals surface area contributed by atoms with Crippen LogP contribution in [0, 0.1) is 0 Å². The van der Waals surface area contributed by atoms with Gasteiger partial charge in [-0.3, -0.25) is 0 Å². The molecular formula is C47H35N. The molecule has 0 aliphatic carbocycles. The molecule has 1 heteroatoms. The van der Waals surface area contributed by atoms with Crippen LogP contribution in [0.5, 0.6) is 0 Å². The third-order valence-electron chi connectivity index (χ3n) is 9.13. The van der Waals surface area contributed by atoms with Crippen molar-refractivity contribution in [2.24, 2.45) is 0 Å². The Morgan fingerprint density at radius 3 is 1.65 bits per heavy atom. The number of nitrogens with zero attached hydrogens (tertiary/aromatic N) is 1. The molecule has 0 atom stereocenters. The highest BCUT2D eigenvalue weighted by molar-refractivity contribution is 5.99. The lowest BCUT2D eigenvalue weighted by Gasteiger charge is -2.27. The van der Waals surface area contributed by atoms with Gasteiger partial charge in [0.2, 0.25) is 0 Å². The number of rotatable bonds is 8. The van der Waals surface area contributed by atoms with Crippen molar-refractivity contribution in [3.05, 3.63) is 211 Å². The normalized spacial score (nSPS) is 11.5. The van der Waals surface area contributed by atoms with Crippen LogP contribution < -0.4 is 4.90 Å². The first-order valence-electron chi connectivity index (χ1n) is 16.6. The topological polar surface area (TPSA) is 3.24 Å². The summed E-state index contributed by atoms with van der Waals surface area (Å²) in [7, 11) is 0. The van der Waals surface area contributed by atoms with Crippen LogP contribution in [-0.2, 0) is 6.42 Å². The highest BCUT2D eigenvalue weighted by Gasteiger charge is 2.15. The molecule has 8 aromatic rings. The maximum Gasteiger partial charge on any atom is 0.0540 e. The zero-order valence-electron chi connectivity index (χ0n) is 26.7. The first-order valence-corrected chi connectivity index (χ1v) is 16.6. The lowest BCUT2D eigenvalue weighted by molar-refractivity contribution is 1.29. The summed E-state index contributed by atoms with van der Waals surface area (Å²) in [5.74, 6) is 0. The minimum atomic E-state index is 0.863. The van der Waals surface area contributed by atoms with Crippen LogP contribution in [0.1, 0.15) is 16.7 Å². The Hall–Kier alpha value is -6.18. The molecule has 0 unspecified atom stereocenters. The van der Waals surface area contributed by atoms with Crippen LogP contribution in [0.15, 0.2) is 194 Å². The number of allylic oxidation sites excluding steroid dienone is 1. The molecule has 48 heavy (non-hydrogen) atoms. The van der Waals surface area contributed by atoms with E-state index >= 15 is 0 Å². The lowest BCUT2D eigenvalue weighted by Crippen LogP contribution is -2.10. The fourth-order valence-electron chi connectivity index (χ4n) is 6.70. The van der Waals surface area contributed by atoms with Crippen LogP contribution in [0.3, 0.4) is 0 Å². The summed E-state index contributed by atoms with van der Waals surface area (Å²) in [6, 6.07) is 69.7. The molecule has 1 nitrogen and oxygen atoms in total. The van der Waals surface area contributed by atoms with Crippen LogP contribution in [0.2, 0.25) is 0 Å². The van der Waals surface area contributed by atoms with E-state index in [1.165, 1.54) is 60.6 Å². The van der Waals surface area contributed by atoms with Gasteiger partial charge >= 0.3 is 0 Å². The molecule has 0 aromatic heterocycles. The van der Waals surface area contributed by atoms with E-state index in [-0.39, 0.29) is 0 Å². The molecule has 0 saturated carbocycles. The van der Waals surface area contributed by atoms with Gasteiger partial charge in [0.15, 0.2) is 0 Å². The second kappa shape index (κ2) is 13.3. The Labute approximate surface area is 282 Å². The summed E-state index contributed by atoms with van der Waals surface area (Å²) in [6.07, 6.45) is 3.23. The minimum absolute atomic E-state index is 0.863. The average Bonchev–Trinajstić information content (AvgIpc) is 3.16. The quantitative estimate of drug-likeness (QED) is 0.154. The van der Waals surface area contributed by atoms with Gasteiger partial charge in [0.05, 0.1) is 5.69 Å². The van der Waals surface area contributed by atoms with Crippen LogP contribution >= 0.6 is 0 Å². The van der Waals surface area contributed by atoms with E-state index in [0.29, 0.717) is 0 Å². The van der Waals surface area contributed by atoms with E-state index < -0.39 is 0 Å². The Balaban J connectivity index is 1.14. The van der Waals surface area contributed by atoms with Gasteiger partial charge in [-0.15, -0.1) is 0 Å². The van der Waals surface area contributed by atoms with Crippen molar-refractivity contribution in [2.75, 3.05) is 4.90 Å². The predicted octanol–water partition coefficient (Wildman–Crippen LogP) is 12.9. The van der Waals surface area contributed by atoms with E-state index in [2.05, 4.69) is 205 Å². The monoisotopic (exact) mass is 613 g/mol. The fraction of sp³-hybridized carbons (Fsp3) is 0.0213. The molecule has 8 rings (SSSR count). The highest BCUT2D eigenvalue weighted by atomic mass is 15.1. The Morgan fingerprint density at radius 1 is 0.417 bits per heavy atom. The van der Waals surface area contributed by atoms with Gasteiger partial charge in [-0.05, 0) is 86.3 Å². The molecule has 0 bridgehead atoms. The van der Waals surface area contributed by atoms with Gasteiger partial charge in [0.1, 0.15) is 0 Å². The van der Waals surface area contributed by atoms with Crippen molar-refractivity contribution in [2.45, 2.75) is 6.42 Å². The predicted molar refractivity (Wildman–Crippen MR) is 206 cm³/mol. The standard InChI is InChI=1S/C47H35N/c1-3-13-35(14-4-1)33-42(34-41-19-11-17-39-15-7-9-22-45(39)41)38-27-25-36(26-28-38)37-29-31-44(32-30-37)48(43-20-5-2-6-21-43)47-24-12-18-40-16-8-10-23-46(40)47/h1-32,34H,33H2/b42-34-. The molecule has 0 amide bonds. The van der Waals surface area contributed by atoms with Crippen molar-refractivity contribution >= 4 is 50.3 Å². The summed E-state index contributed by atoms with van der Waals surface area (Å²) >= 11 is 0. The second-order valence-corrected chi connectivity index (χ2v) is 12.2. The van der Waals surface area contributed by atoms with E-state index in [1.807, 2.05) is 0 Å². The number of fused-ring (bicyclic) bond motifs is 2. The second-order valence-electron chi connectivity index (χ2n) is 12.2. The van der Waals surface area contributed by atoms with Crippen molar-refractivity contribution < 1.29 is 0 Å². The van der Waals surface area contributed by atoms with Crippen molar-refractivity contribution in [3.63, 3.8) is 0 Å². The molecule has 0 N–H and O–H groups in total. The number of benzene rings is 8. The number of hydrogen-bond donors (Lipinski definition) is 0. The molecule has 0 heterocycles. The third kappa shape index (κ3) is 6.02. The summed E-state index contributed by atoms with van der Waals surface area (Å²) in [5, 5.41) is 4.99. The maximum atomic E-state index is 2.37. The van der Waals surface area contributed by atoms with Gasteiger partial charge in [-0.1, -0.05) is 170 Å². The van der Waals surface area contributed by atoms with Gasteiger partial charge in [0.25, 0.3) is 0 Å². The summed E-state index contributed by atoms with van der Waals surface area (Å²) in [5.41, 5.74) is 10.9.